The van der Waals surface area contributed by atoms with E-state index in [1.807, 2.05) is 0 Å². The summed E-state index contributed by atoms with van der Waals surface area (Å²) in [7, 11) is 0. The molecule has 4 rings (SSSR count). The summed E-state index contributed by atoms with van der Waals surface area (Å²) in [6, 6.07) is 0. The molecule has 0 heteroatoms. The lowest BCUT2D eigenvalue weighted by atomic mass is 9.34. The van der Waals surface area contributed by atoms with Crippen LogP contribution in [0.2, 0.25) is 0 Å². The number of hydrogen-bond acceptors (Lipinski definition) is 0. The van der Waals surface area contributed by atoms with Gasteiger partial charge in [0.2, 0.25) is 0 Å². The van der Waals surface area contributed by atoms with Crippen LogP contribution >= 0.6 is 0 Å². The van der Waals surface area contributed by atoms with Crippen LogP contribution in [-0.2, 0) is 0 Å². The second-order valence-electron chi connectivity index (χ2n) is 6.80. The van der Waals surface area contributed by atoms with E-state index < -0.39 is 0 Å². The third-order valence-corrected chi connectivity index (χ3v) is 5.96. The van der Waals surface area contributed by atoms with Gasteiger partial charge in [-0.1, -0.05) is 32.4 Å². The van der Waals surface area contributed by atoms with Gasteiger partial charge in [-0.05, 0) is 61.2 Å². The molecule has 4 bridgehead atoms. The molecule has 0 saturated heterocycles. The van der Waals surface area contributed by atoms with E-state index in [2.05, 4.69) is 33.8 Å². The molecule has 0 N–H and O–H groups in total. The van der Waals surface area contributed by atoms with Gasteiger partial charge < -0.3 is 0 Å². The van der Waals surface area contributed by atoms with Gasteiger partial charge in [0.05, 0.1) is 0 Å². The van der Waals surface area contributed by atoms with Gasteiger partial charge in [-0.3, -0.25) is 0 Å². The Hall–Kier alpha value is -0.260. The molecule has 5 atom stereocenters. The van der Waals surface area contributed by atoms with E-state index in [0.717, 1.165) is 29.6 Å². The zero-order chi connectivity index (χ0) is 10.8. The van der Waals surface area contributed by atoms with Crippen LogP contribution in [0.1, 0.15) is 47.0 Å². The minimum absolute atomic E-state index is 0.703. The van der Waals surface area contributed by atoms with Gasteiger partial charge in [0.15, 0.2) is 0 Å². The standard InChI is InChI=1S/C15H24/c1-9(2)11-7-8-15(4)12-6-5-10(3)14(15)13(11)12/h5,9,11-14H,6-8H2,1-4H3/t11-,12+,13+,14-,15+/m0/s1. The Labute approximate surface area is 94.1 Å². The third-order valence-electron chi connectivity index (χ3n) is 5.96. The largest absolute Gasteiger partial charge is 0.0850 e. The summed E-state index contributed by atoms with van der Waals surface area (Å²) in [4.78, 5) is 0. The van der Waals surface area contributed by atoms with Gasteiger partial charge in [0, 0.05) is 0 Å². The molecule has 4 aliphatic carbocycles. The van der Waals surface area contributed by atoms with Gasteiger partial charge in [-0.2, -0.15) is 0 Å². The van der Waals surface area contributed by atoms with E-state index in [-0.39, 0.29) is 0 Å². The summed E-state index contributed by atoms with van der Waals surface area (Å²) in [5.74, 6) is 4.96. The first-order valence-electron chi connectivity index (χ1n) is 6.72. The fourth-order valence-electron chi connectivity index (χ4n) is 5.25. The molecule has 0 aromatic rings. The van der Waals surface area contributed by atoms with Crippen molar-refractivity contribution in [2.45, 2.75) is 47.0 Å². The first kappa shape index (κ1) is 9.93. The van der Waals surface area contributed by atoms with Crippen molar-refractivity contribution < 1.29 is 0 Å². The van der Waals surface area contributed by atoms with Crippen LogP contribution in [0.4, 0.5) is 0 Å². The van der Waals surface area contributed by atoms with Crippen LogP contribution in [0.25, 0.3) is 0 Å². The summed E-state index contributed by atoms with van der Waals surface area (Å²) in [6.45, 7) is 9.81. The lowest BCUT2D eigenvalue weighted by Gasteiger charge is -2.70. The Morgan fingerprint density at radius 1 is 1.40 bits per heavy atom. The molecule has 4 aliphatic rings. The quantitative estimate of drug-likeness (QED) is 0.559. The van der Waals surface area contributed by atoms with Crippen LogP contribution in [0.15, 0.2) is 11.6 Å². The molecule has 0 aromatic heterocycles. The molecule has 0 radical (unpaired) electrons. The normalized spacial score (nSPS) is 52.5. The number of fused-ring (bicyclic) bond motifs is 1. The summed E-state index contributed by atoms with van der Waals surface area (Å²) < 4.78 is 0. The third kappa shape index (κ3) is 1.04. The van der Waals surface area contributed by atoms with Gasteiger partial charge in [-0.25, -0.2) is 0 Å². The minimum Gasteiger partial charge on any atom is -0.0850 e. The second-order valence-corrected chi connectivity index (χ2v) is 6.80. The van der Waals surface area contributed by atoms with Crippen LogP contribution in [0.5, 0.6) is 0 Å². The first-order valence-corrected chi connectivity index (χ1v) is 6.72. The second kappa shape index (κ2) is 2.90. The molecule has 2 saturated carbocycles. The zero-order valence-corrected chi connectivity index (χ0v) is 10.6. The van der Waals surface area contributed by atoms with Gasteiger partial charge in [0.25, 0.3) is 0 Å². The molecule has 0 spiro atoms. The van der Waals surface area contributed by atoms with E-state index in [1.54, 1.807) is 5.57 Å². The molecule has 0 unspecified atom stereocenters. The smallest absolute Gasteiger partial charge is 0.0115 e. The monoisotopic (exact) mass is 204 g/mol. The molecule has 0 amide bonds. The summed E-state index contributed by atoms with van der Waals surface area (Å²) in [5, 5.41) is 0. The van der Waals surface area contributed by atoms with Crippen molar-refractivity contribution in [3.8, 4) is 0 Å². The van der Waals surface area contributed by atoms with Crippen LogP contribution in [-0.4, -0.2) is 0 Å². The number of rotatable bonds is 1. The van der Waals surface area contributed by atoms with Crippen LogP contribution in [0, 0.1) is 35.0 Å². The van der Waals surface area contributed by atoms with Gasteiger partial charge in [0.1, 0.15) is 0 Å². The molecular formula is C15H24. The molecule has 2 fully saturated rings. The topological polar surface area (TPSA) is 0 Å². The van der Waals surface area contributed by atoms with Crippen LogP contribution in [0.3, 0.4) is 0 Å². The molecule has 15 heavy (non-hydrogen) atoms. The summed E-state index contributed by atoms with van der Waals surface area (Å²) in [6.07, 6.45) is 6.90. The van der Waals surface area contributed by atoms with E-state index in [0.29, 0.717) is 5.41 Å². The number of allylic oxidation sites excluding steroid dienone is 2. The maximum atomic E-state index is 2.56. The minimum atomic E-state index is 0.703. The van der Waals surface area contributed by atoms with Crippen molar-refractivity contribution in [3.63, 3.8) is 0 Å². The summed E-state index contributed by atoms with van der Waals surface area (Å²) >= 11 is 0. The number of hydrogen-bond donors (Lipinski definition) is 0. The average molecular weight is 204 g/mol. The highest BCUT2D eigenvalue weighted by atomic mass is 14.7. The van der Waals surface area contributed by atoms with E-state index in [4.69, 9.17) is 0 Å². The van der Waals surface area contributed by atoms with E-state index in [9.17, 15) is 0 Å². The average Bonchev–Trinajstić information content (AvgIpc) is 2.17. The highest BCUT2D eigenvalue weighted by Crippen LogP contribution is 2.71. The van der Waals surface area contributed by atoms with Crippen molar-refractivity contribution in [3.05, 3.63) is 11.6 Å². The molecular weight excluding hydrogens is 180 g/mol. The summed E-state index contributed by atoms with van der Waals surface area (Å²) in [5.41, 5.74) is 2.42. The highest BCUT2D eigenvalue weighted by molar-refractivity contribution is 5.28. The highest BCUT2D eigenvalue weighted by Gasteiger charge is 2.64. The fraction of sp³-hybridized carbons (Fsp3) is 0.867. The van der Waals surface area contributed by atoms with Crippen molar-refractivity contribution in [1.82, 2.24) is 0 Å². The van der Waals surface area contributed by atoms with Crippen molar-refractivity contribution in [2.24, 2.45) is 35.0 Å². The van der Waals surface area contributed by atoms with Crippen molar-refractivity contribution in [1.29, 1.82) is 0 Å². The van der Waals surface area contributed by atoms with Gasteiger partial charge >= 0.3 is 0 Å². The molecule has 0 nitrogen and oxygen atoms in total. The molecule has 0 aromatic carbocycles. The maximum Gasteiger partial charge on any atom is -0.0115 e. The molecule has 0 heterocycles. The first-order chi connectivity index (χ1) is 7.05. The lowest BCUT2D eigenvalue weighted by Crippen LogP contribution is -2.63. The van der Waals surface area contributed by atoms with Crippen molar-refractivity contribution >= 4 is 0 Å². The Bertz CT molecular complexity index is 312. The Morgan fingerprint density at radius 3 is 2.73 bits per heavy atom. The lowest BCUT2D eigenvalue weighted by molar-refractivity contribution is -0.181. The Kier molecular flexibility index (Phi) is 1.92. The molecule has 0 aliphatic heterocycles. The Balaban J connectivity index is 1.95. The predicted octanol–water partition coefficient (Wildman–Crippen LogP) is 4.27. The van der Waals surface area contributed by atoms with E-state index in [1.165, 1.54) is 19.3 Å². The van der Waals surface area contributed by atoms with Crippen molar-refractivity contribution in [2.75, 3.05) is 0 Å². The Morgan fingerprint density at radius 2 is 2.13 bits per heavy atom. The van der Waals surface area contributed by atoms with E-state index >= 15 is 0 Å². The van der Waals surface area contributed by atoms with Crippen LogP contribution < -0.4 is 0 Å². The SMILES string of the molecule is CC1=CC[C@@H]2[C@H]3[C@H](C(C)C)CC[C@@]2(C)[C@@H]13. The van der Waals surface area contributed by atoms with Gasteiger partial charge in [-0.15, -0.1) is 0 Å². The molecule has 84 valence electrons. The zero-order valence-electron chi connectivity index (χ0n) is 10.6. The fourth-order valence-corrected chi connectivity index (χ4v) is 5.25. The predicted molar refractivity (Wildman–Crippen MR) is 64.5 cm³/mol. The maximum absolute atomic E-state index is 2.56.